The average Bonchev–Trinajstić information content (AvgIpc) is 2.80. The van der Waals surface area contributed by atoms with Gasteiger partial charge in [0.2, 0.25) is 0 Å². The molecule has 0 atom stereocenters. The molecule has 2 aromatic rings. The van der Waals surface area contributed by atoms with Crippen LogP contribution >= 0.6 is 11.6 Å². The Balaban J connectivity index is 2.18. The number of nitrogens with two attached hydrogens (primary N) is 1. The zero-order chi connectivity index (χ0) is 14.0. The summed E-state index contributed by atoms with van der Waals surface area (Å²) in [6.45, 7) is 4.07. The first-order valence-corrected chi connectivity index (χ1v) is 6.27. The molecule has 100 valence electrons. The van der Waals surface area contributed by atoms with Gasteiger partial charge in [-0.1, -0.05) is 25.4 Å². The number of nitrogens with zero attached hydrogens (tertiary/aromatic N) is 1. The molecule has 0 spiro atoms. The molecule has 0 saturated heterocycles. The molecule has 0 aliphatic rings. The van der Waals surface area contributed by atoms with Crippen LogP contribution in [0.2, 0.25) is 5.02 Å². The third-order valence-electron chi connectivity index (χ3n) is 2.70. The molecule has 0 bridgehead atoms. The minimum atomic E-state index is -0.334. The minimum absolute atomic E-state index is 0.314. The van der Waals surface area contributed by atoms with Crippen LogP contribution in [0.3, 0.4) is 0 Å². The lowest BCUT2D eigenvalue weighted by atomic mass is 10.1. The van der Waals surface area contributed by atoms with Crippen LogP contribution in [-0.4, -0.2) is 16.1 Å². The van der Waals surface area contributed by atoms with Crippen LogP contribution < -0.4 is 11.1 Å². The van der Waals surface area contributed by atoms with Crippen LogP contribution in [0.4, 0.5) is 11.5 Å². The molecule has 1 aromatic heterocycles. The number of carbonyl (C=O) groups is 1. The smallest absolute Gasteiger partial charge is 0.258 e. The highest BCUT2D eigenvalue weighted by molar-refractivity contribution is 6.34. The number of anilines is 2. The summed E-state index contributed by atoms with van der Waals surface area (Å²) in [7, 11) is 0. The fourth-order valence-corrected chi connectivity index (χ4v) is 1.80. The molecule has 0 aliphatic carbocycles. The van der Waals surface area contributed by atoms with E-state index in [2.05, 4.69) is 15.5 Å². The van der Waals surface area contributed by atoms with E-state index < -0.39 is 0 Å². The molecule has 1 heterocycles. The van der Waals surface area contributed by atoms with Gasteiger partial charge in [0.25, 0.3) is 5.91 Å². The normalized spacial score (nSPS) is 10.7. The quantitative estimate of drug-likeness (QED) is 0.755. The molecule has 0 saturated carbocycles. The van der Waals surface area contributed by atoms with Crippen molar-refractivity contribution in [2.45, 2.75) is 19.8 Å². The second-order valence-electron chi connectivity index (χ2n) is 4.56. The predicted octanol–water partition coefficient (Wildman–Crippen LogP) is 3.02. The standard InChI is InChI=1S/C13H15ClN4O/c1-7(2)11-6-12(18-17-11)16-13(19)9-5-8(15)3-4-10(9)14/h3-7H,15H2,1-2H3,(H2,16,17,18,19). The molecular formula is C13H15ClN4O. The Morgan fingerprint density at radius 1 is 1.42 bits per heavy atom. The van der Waals surface area contributed by atoms with Gasteiger partial charge in [0.1, 0.15) is 0 Å². The maximum atomic E-state index is 12.1. The van der Waals surface area contributed by atoms with Crippen LogP contribution in [0.5, 0.6) is 0 Å². The predicted molar refractivity (Wildman–Crippen MR) is 76.5 cm³/mol. The fraction of sp³-hybridized carbons (Fsp3) is 0.231. The molecule has 0 aliphatic heterocycles. The van der Waals surface area contributed by atoms with E-state index >= 15 is 0 Å². The van der Waals surface area contributed by atoms with Gasteiger partial charge in [-0.2, -0.15) is 5.10 Å². The highest BCUT2D eigenvalue weighted by Crippen LogP contribution is 2.21. The van der Waals surface area contributed by atoms with Gasteiger partial charge < -0.3 is 11.1 Å². The first kappa shape index (κ1) is 13.4. The Labute approximate surface area is 116 Å². The zero-order valence-corrected chi connectivity index (χ0v) is 11.5. The van der Waals surface area contributed by atoms with Crippen LogP contribution in [0, 0.1) is 0 Å². The van der Waals surface area contributed by atoms with Gasteiger partial charge in [0.15, 0.2) is 5.82 Å². The first-order valence-electron chi connectivity index (χ1n) is 5.89. The lowest BCUT2D eigenvalue weighted by Crippen LogP contribution is -2.13. The lowest BCUT2D eigenvalue weighted by Gasteiger charge is -2.05. The number of amides is 1. The molecule has 5 nitrogen and oxygen atoms in total. The topological polar surface area (TPSA) is 83.8 Å². The van der Waals surface area contributed by atoms with Gasteiger partial charge >= 0.3 is 0 Å². The third-order valence-corrected chi connectivity index (χ3v) is 3.03. The van der Waals surface area contributed by atoms with E-state index in [0.717, 1.165) is 5.69 Å². The molecule has 2 rings (SSSR count). The molecule has 6 heteroatoms. The van der Waals surface area contributed by atoms with Crippen LogP contribution in [0.15, 0.2) is 24.3 Å². The Morgan fingerprint density at radius 2 is 2.16 bits per heavy atom. The van der Waals surface area contributed by atoms with Crippen molar-refractivity contribution >= 4 is 29.0 Å². The summed E-state index contributed by atoms with van der Waals surface area (Å²) < 4.78 is 0. The summed E-state index contributed by atoms with van der Waals surface area (Å²) in [6, 6.07) is 6.57. The SMILES string of the molecule is CC(C)c1cc(NC(=O)c2cc(N)ccc2Cl)n[nH]1. The first-order chi connectivity index (χ1) is 8.97. The van der Waals surface area contributed by atoms with E-state index in [-0.39, 0.29) is 5.91 Å². The van der Waals surface area contributed by atoms with E-state index in [1.807, 2.05) is 13.8 Å². The van der Waals surface area contributed by atoms with Crippen molar-refractivity contribution in [3.05, 3.63) is 40.5 Å². The number of nitrogens with one attached hydrogen (secondary N) is 2. The number of hydrogen-bond acceptors (Lipinski definition) is 3. The second kappa shape index (κ2) is 5.32. The van der Waals surface area contributed by atoms with Crippen molar-refractivity contribution in [2.24, 2.45) is 0 Å². The Kier molecular flexibility index (Phi) is 3.76. The maximum absolute atomic E-state index is 12.1. The molecule has 0 fully saturated rings. The Bertz CT molecular complexity index is 606. The van der Waals surface area contributed by atoms with Crippen molar-refractivity contribution in [3.8, 4) is 0 Å². The number of aromatic amines is 1. The van der Waals surface area contributed by atoms with Crippen molar-refractivity contribution in [1.29, 1.82) is 0 Å². The van der Waals surface area contributed by atoms with E-state index in [1.54, 1.807) is 18.2 Å². The van der Waals surface area contributed by atoms with Crippen molar-refractivity contribution < 1.29 is 4.79 Å². The summed E-state index contributed by atoms with van der Waals surface area (Å²) >= 11 is 5.97. The summed E-state index contributed by atoms with van der Waals surface area (Å²) in [5.74, 6) is 0.445. The molecular weight excluding hydrogens is 264 g/mol. The van der Waals surface area contributed by atoms with Crippen molar-refractivity contribution in [1.82, 2.24) is 10.2 Å². The molecule has 0 unspecified atom stereocenters. The number of carbonyl (C=O) groups excluding carboxylic acids is 1. The molecule has 0 radical (unpaired) electrons. The van der Waals surface area contributed by atoms with Crippen LogP contribution in [-0.2, 0) is 0 Å². The largest absolute Gasteiger partial charge is 0.399 e. The van der Waals surface area contributed by atoms with Gasteiger partial charge in [-0.3, -0.25) is 9.89 Å². The Hall–Kier alpha value is -2.01. The molecule has 1 aromatic carbocycles. The van der Waals surface area contributed by atoms with E-state index in [0.29, 0.717) is 28.0 Å². The summed E-state index contributed by atoms with van der Waals surface area (Å²) in [6.07, 6.45) is 0. The molecule has 19 heavy (non-hydrogen) atoms. The van der Waals surface area contributed by atoms with Crippen LogP contribution in [0.25, 0.3) is 0 Å². The van der Waals surface area contributed by atoms with Gasteiger partial charge in [0, 0.05) is 17.4 Å². The summed E-state index contributed by atoms with van der Waals surface area (Å²) in [5, 5.41) is 9.92. The van der Waals surface area contributed by atoms with Crippen LogP contribution in [0.1, 0.15) is 35.8 Å². The van der Waals surface area contributed by atoms with E-state index in [1.165, 1.54) is 6.07 Å². The van der Waals surface area contributed by atoms with Gasteiger partial charge in [-0.25, -0.2) is 0 Å². The highest BCUT2D eigenvalue weighted by Gasteiger charge is 2.13. The zero-order valence-electron chi connectivity index (χ0n) is 10.7. The third kappa shape index (κ3) is 3.06. The lowest BCUT2D eigenvalue weighted by molar-refractivity contribution is 0.102. The number of rotatable bonds is 3. The average molecular weight is 279 g/mol. The molecule has 4 N–H and O–H groups in total. The summed E-state index contributed by atoms with van der Waals surface area (Å²) in [5.41, 5.74) is 7.41. The number of benzene rings is 1. The monoisotopic (exact) mass is 278 g/mol. The highest BCUT2D eigenvalue weighted by atomic mass is 35.5. The molecule has 1 amide bonds. The number of H-pyrrole nitrogens is 1. The second-order valence-corrected chi connectivity index (χ2v) is 4.96. The Morgan fingerprint density at radius 3 is 2.79 bits per heavy atom. The van der Waals surface area contributed by atoms with Gasteiger partial charge in [0.05, 0.1) is 10.6 Å². The fourth-order valence-electron chi connectivity index (χ4n) is 1.60. The number of halogens is 1. The maximum Gasteiger partial charge on any atom is 0.258 e. The number of hydrogen-bond donors (Lipinski definition) is 3. The number of aromatic nitrogens is 2. The van der Waals surface area contributed by atoms with Gasteiger partial charge in [-0.05, 0) is 24.1 Å². The van der Waals surface area contributed by atoms with E-state index in [4.69, 9.17) is 17.3 Å². The summed E-state index contributed by atoms with van der Waals surface area (Å²) in [4.78, 5) is 12.1. The van der Waals surface area contributed by atoms with Gasteiger partial charge in [-0.15, -0.1) is 0 Å². The number of nitrogen functional groups attached to an aromatic ring is 1. The van der Waals surface area contributed by atoms with Crippen molar-refractivity contribution in [2.75, 3.05) is 11.1 Å². The van der Waals surface area contributed by atoms with E-state index in [9.17, 15) is 4.79 Å². The minimum Gasteiger partial charge on any atom is -0.399 e. The van der Waals surface area contributed by atoms with Crippen molar-refractivity contribution in [3.63, 3.8) is 0 Å².